The Labute approximate surface area is 220 Å². The highest BCUT2D eigenvalue weighted by Crippen LogP contribution is 2.33. The minimum atomic E-state index is 0.903. The van der Waals surface area contributed by atoms with Crippen LogP contribution in [0, 0.1) is 0 Å². The van der Waals surface area contributed by atoms with E-state index in [1.807, 2.05) is 0 Å². The molecule has 3 N–H and O–H groups in total. The molecule has 4 nitrogen and oxygen atoms in total. The van der Waals surface area contributed by atoms with E-state index in [4.69, 9.17) is 17.2 Å². The first-order chi connectivity index (χ1) is 17.8. The van der Waals surface area contributed by atoms with Crippen LogP contribution in [-0.2, 0) is 19.3 Å². The summed E-state index contributed by atoms with van der Waals surface area (Å²) in [6, 6.07) is 17.1. The maximum Gasteiger partial charge on any atom is 0.0753 e. The third kappa shape index (κ3) is 6.07. The number of nitrogens with one attached hydrogen (secondary N) is 3. The first-order valence-corrected chi connectivity index (χ1v) is 14.2. The third-order valence-electron chi connectivity index (χ3n) is 7.44. The average Bonchev–Trinajstić information content (AvgIpc) is 3.32. The molecule has 4 aromatic rings. The molecule has 0 saturated carbocycles. The van der Waals surface area contributed by atoms with E-state index >= 15 is 0 Å². The Bertz CT molecular complexity index is 1310. The number of hydrogen-bond donors (Lipinski definition) is 3. The lowest BCUT2D eigenvalue weighted by Gasteiger charge is -2.21. The van der Waals surface area contributed by atoms with Crippen LogP contribution < -0.4 is 10.6 Å². The first kappa shape index (κ1) is 24.8. The predicted molar refractivity (Wildman–Crippen MR) is 157 cm³/mol. The first-order valence-electron chi connectivity index (χ1n) is 13.8. The molecule has 1 aliphatic rings. The van der Waals surface area contributed by atoms with Gasteiger partial charge in [0.2, 0.25) is 0 Å². The van der Waals surface area contributed by atoms with Crippen molar-refractivity contribution in [2.75, 3.05) is 18.4 Å². The molecule has 0 amide bonds. The average molecular weight is 499 g/mol. The second-order valence-corrected chi connectivity index (χ2v) is 10.5. The van der Waals surface area contributed by atoms with E-state index in [1.54, 1.807) is 0 Å². The number of fused-ring (bicyclic) bond motifs is 3. The summed E-state index contributed by atoms with van der Waals surface area (Å²) >= 11 is 5.57. The Morgan fingerprint density at radius 1 is 0.861 bits per heavy atom. The molecule has 2 aromatic carbocycles. The van der Waals surface area contributed by atoms with E-state index in [1.165, 1.54) is 83.7 Å². The quantitative estimate of drug-likeness (QED) is 0.140. The fourth-order valence-electron chi connectivity index (χ4n) is 5.49. The van der Waals surface area contributed by atoms with Crippen LogP contribution in [-0.4, -0.2) is 28.0 Å². The molecule has 0 fully saturated rings. The van der Waals surface area contributed by atoms with Gasteiger partial charge in [0.25, 0.3) is 0 Å². The normalized spacial score (nSPS) is 13.1. The van der Waals surface area contributed by atoms with Crippen molar-refractivity contribution in [3.05, 3.63) is 71.5 Å². The SMILES string of the molecule is S=C(CCCCCCCNc1c2c(nc3ccccc13)CCCC2)NCCc1c[nH]c2ccccc12. The number of H-pyrrole nitrogens is 1. The molecular formula is C31H38N4S. The van der Waals surface area contributed by atoms with Crippen molar-refractivity contribution in [2.45, 2.75) is 70.6 Å². The van der Waals surface area contributed by atoms with Crippen LogP contribution in [0.25, 0.3) is 21.8 Å². The summed E-state index contributed by atoms with van der Waals surface area (Å²) in [7, 11) is 0. The Morgan fingerprint density at radius 2 is 1.64 bits per heavy atom. The highest BCUT2D eigenvalue weighted by atomic mass is 32.1. The van der Waals surface area contributed by atoms with Gasteiger partial charge in [0.1, 0.15) is 0 Å². The molecule has 0 bridgehead atoms. The zero-order valence-corrected chi connectivity index (χ0v) is 22.1. The molecule has 0 aliphatic heterocycles. The van der Waals surface area contributed by atoms with Crippen molar-refractivity contribution < 1.29 is 0 Å². The van der Waals surface area contributed by atoms with Crippen molar-refractivity contribution in [1.29, 1.82) is 0 Å². The highest BCUT2D eigenvalue weighted by molar-refractivity contribution is 7.80. The number of pyridine rings is 1. The number of unbranched alkanes of at least 4 members (excludes halogenated alkanes) is 4. The summed E-state index contributed by atoms with van der Waals surface area (Å²) in [5.74, 6) is 0. The van der Waals surface area contributed by atoms with Crippen LogP contribution in [0.5, 0.6) is 0 Å². The van der Waals surface area contributed by atoms with Crippen molar-refractivity contribution in [3.8, 4) is 0 Å². The number of aromatic nitrogens is 2. The fourth-order valence-corrected chi connectivity index (χ4v) is 5.74. The molecule has 0 saturated heterocycles. The maximum absolute atomic E-state index is 5.57. The molecule has 0 atom stereocenters. The van der Waals surface area contributed by atoms with Crippen molar-refractivity contribution in [2.24, 2.45) is 0 Å². The van der Waals surface area contributed by atoms with Gasteiger partial charge in [0, 0.05) is 47.0 Å². The molecule has 5 rings (SSSR count). The Balaban J connectivity index is 0.972. The molecule has 2 aromatic heterocycles. The van der Waals surface area contributed by atoms with Gasteiger partial charge in [0.15, 0.2) is 0 Å². The molecule has 0 spiro atoms. The van der Waals surface area contributed by atoms with E-state index in [0.29, 0.717) is 0 Å². The van der Waals surface area contributed by atoms with Gasteiger partial charge in [-0.1, -0.05) is 67.9 Å². The number of aryl methyl sites for hydroxylation is 1. The monoisotopic (exact) mass is 498 g/mol. The zero-order valence-electron chi connectivity index (χ0n) is 21.2. The Morgan fingerprint density at radius 3 is 2.58 bits per heavy atom. The minimum absolute atomic E-state index is 0.903. The molecule has 0 radical (unpaired) electrons. The van der Waals surface area contributed by atoms with Gasteiger partial charge in [-0.3, -0.25) is 4.98 Å². The minimum Gasteiger partial charge on any atom is -0.384 e. The molecular weight excluding hydrogens is 460 g/mol. The van der Waals surface area contributed by atoms with Gasteiger partial charge in [0.05, 0.1) is 10.5 Å². The Kier molecular flexibility index (Phi) is 8.50. The van der Waals surface area contributed by atoms with Crippen LogP contribution in [0.15, 0.2) is 54.7 Å². The molecule has 188 valence electrons. The summed E-state index contributed by atoms with van der Waals surface area (Å²) in [6.07, 6.45) is 15.1. The lowest BCUT2D eigenvalue weighted by Crippen LogP contribution is -2.23. The molecule has 0 unspecified atom stereocenters. The van der Waals surface area contributed by atoms with Crippen molar-refractivity contribution in [1.82, 2.24) is 15.3 Å². The fraction of sp³-hybridized carbons (Fsp3) is 0.419. The van der Waals surface area contributed by atoms with Gasteiger partial charge in [-0.15, -0.1) is 0 Å². The van der Waals surface area contributed by atoms with E-state index in [-0.39, 0.29) is 0 Å². The smallest absolute Gasteiger partial charge is 0.0753 e. The summed E-state index contributed by atoms with van der Waals surface area (Å²) in [5, 5.41) is 9.85. The van der Waals surface area contributed by atoms with Gasteiger partial charge in [-0.2, -0.15) is 0 Å². The Hall–Kier alpha value is -2.92. The lowest BCUT2D eigenvalue weighted by molar-refractivity contribution is 0.630. The summed E-state index contributed by atoms with van der Waals surface area (Å²) in [6.45, 7) is 1.94. The third-order valence-corrected chi connectivity index (χ3v) is 7.79. The molecule has 5 heteroatoms. The van der Waals surface area contributed by atoms with Crippen LogP contribution in [0.4, 0.5) is 5.69 Å². The van der Waals surface area contributed by atoms with Crippen LogP contribution in [0.2, 0.25) is 0 Å². The van der Waals surface area contributed by atoms with Crippen molar-refractivity contribution in [3.63, 3.8) is 0 Å². The number of para-hydroxylation sites is 2. The van der Waals surface area contributed by atoms with Gasteiger partial charge < -0.3 is 15.6 Å². The molecule has 36 heavy (non-hydrogen) atoms. The van der Waals surface area contributed by atoms with Crippen LogP contribution in [0.1, 0.15) is 68.2 Å². The van der Waals surface area contributed by atoms with Gasteiger partial charge in [-0.05, 0) is 74.6 Å². The number of nitrogens with zero attached hydrogens (tertiary/aromatic N) is 1. The summed E-state index contributed by atoms with van der Waals surface area (Å²) < 4.78 is 0. The summed E-state index contributed by atoms with van der Waals surface area (Å²) in [4.78, 5) is 9.31. The van der Waals surface area contributed by atoms with E-state index < -0.39 is 0 Å². The van der Waals surface area contributed by atoms with Crippen LogP contribution >= 0.6 is 12.2 Å². The number of rotatable bonds is 12. The van der Waals surface area contributed by atoms with E-state index in [9.17, 15) is 0 Å². The predicted octanol–water partition coefficient (Wildman–Crippen LogP) is 7.51. The van der Waals surface area contributed by atoms with Gasteiger partial charge >= 0.3 is 0 Å². The maximum atomic E-state index is 5.57. The van der Waals surface area contributed by atoms with Crippen molar-refractivity contribution >= 4 is 44.7 Å². The number of thiocarbonyl (C=S) groups is 1. The number of aromatic amines is 1. The number of benzene rings is 2. The van der Waals surface area contributed by atoms with Crippen LogP contribution in [0.3, 0.4) is 0 Å². The van der Waals surface area contributed by atoms with E-state index in [0.717, 1.165) is 49.3 Å². The second-order valence-electron chi connectivity index (χ2n) is 10.0. The largest absolute Gasteiger partial charge is 0.384 e. The van der Waals surface area contributed by atoms with Gasteiger partial charge in [-0.25, -0.2) is 0 Å². The summed E-state index contributed by atoms with van der Waals surface area (Å²) in [5.41, 5.74) is 7.82. The molecule has 2 heterocycles. The highest BCUT2D eigenvalue weighted by Gasteiger charge is 2.17. The number of hydrogen-bond acceptors (Lipinski definition) is 3. The number of anilines is 1. The lowest BCUT2D eigenvalue weighted by atomic mass is 9.92. The molecule has 1 aliphatic carbocycles. The van der Waals surface area contributed by atoms with E-state index in [2.05, 4.69) is 70.3 Å². The standard InChI is InChI=1S/C31H38N4S/c36-30(32-21-19-23-22-34-27-15-8-5-12-24(23)27)18-4-2-1-3-11-20-33-31-25-13-6-9-16-28(25)35-29-17-10-7-14-26(29)31/h5-6,8-9,12-13,15-16,22,34H,1-4,7,10-11,14,17-21H2,(H,32,36)(H,33,35). The second kappa shape index (κ2) is 12.4. The zero-order chi connectivity index (χ0) is 24.6. The topological polar surface area (TPSA) is 52.7 Å².